The van der Waals surface area contributed by atoms with Crippen molar-refractivity contribution in [3.63, 3.8) is 0 Å². The molecule has 0 aliphatic heterocycles. The Morgan fingerprint density at radius 1 is 1.03 bits per heavy atom. The van der Waals surface area contributed by atoms with Gasteiger partial charge in [-0.05, 0) is 43.2 Å². The average molecular weight is 389 g/mol. The zero-order valence-electron chi connectivity index (χ0n) is 16.1. The fourth-order valence-electron chi connectivity index (χ4n) is 3.30. The molecule has 0 aliphatic rings. The first kappa shape index (κ1) is 18.7. The van der Waals surface area contributed by atoms with E-state index in [0.29, 0.717) is 11.6 Å². The summed E-state index contributed by atoms with van der Waals surface area (Å²) >= 11 is 0. The van der Waals surface area contributed by atoms with Crippen molar-refractivity contribution in [3.05, 3.63) is 94.8 Å². The summed E-state index contributed by atoms with van der Waals surface area (Å²) in [5.74, 6) is 0.325. The van der Waals surface area contributed by atoms with E-state index in [9.17, 15) is 9.18 Å². The van der Waals surface area contributed by atoms with Gasteiger partial charge in [-0.25, -0.2) is 13.9 Å². The maximum atomic E-state index is 13.4. The van der Waals surface area contributed by atoms with Crippen molar-refractivity contribution < 1.29 is 9.18 Å². The lowest BCUT2D eigenvalue weighted by atomic mass is 9.98. The van der Waals surface area contributed by atoms with Crippen LogP contribution in [0.25, 0.3) is 5.78 Å². The first-order chi connectivity index (χ1) is 14.0. The normalized spacial score (nSPS) is 12.1. The van der Waals surface area contributed by atoms with E-state index in [1.54, 1.807) is 16.6 Å². The lowest BCUT2D eigenvalue weighted by Crippen LogP contribution is -2.31. The summed E-state index contributed by atoms with van der Waals surface area (Å²) in [5, 5.41) is 7.41. The second kappa shape index (κ2) is 7.79. The van der Waals surface area contributed by atoms with E-state index < -0.39 is 6.04 Å². The number of rotatable bonds is 5. The number of aryl methyl sites for hydroxylation is 2. The Kier molecular flexibility index (Phi) is 5.03. The van der Waals surface area contributed by atoms with Gasteiger partial charge in [-0.15, -0.1) is 5.10 Å². The number of halogens is 1. The molecular weight excluding hydrogens is 369 g/mol. The van der Waals surface area contributed by atoms with Crippen LogP contribution < -0.4 is 5.32 Å². The lowest BCUT2D eigenvalue weighted by Gasteiger charge is -2.19. The smallest absolute Gasteiger partial charge is 0.252 e. The Morgan fingerprint density at radius 3 is 2.45 bits per heavy atom. The monoisotopic (exact) mass is 389 g/mol. The van der Waals surface area contributed by atoms with E-state index in [-0.39, 0.29) is 18.1 Å². The molecule has 1 N–H and O–H groups in total. The van der Waals surface area contributed by atoms with E-state index in [0.717, 1.165) is 22.5 Å². The SMILES string of the molecule is Cc1cc(C)n2nc(CC(=O)N[C@H](c3ccccc3)c3ccc(F)cc3)nc2n1. The van der Waals surface area contributed by atoms with E-state index in [2.05, 4.69) is 20.4 Å². The van der Waals surface area contributed by atoms with Crippen LogP contribution in [0.4, 0.5) is 4.39 Å². The van der Waals surface area contributed by atoms with Crippen molar-refractivity contribution in [3.8, 4) is 0 Å². The molecule has 4 rings (SSSR count). The Balaban J connectivity index is 1.58. The highest BCUT2D eigenvalue weighted by molar-refractivity contribution is 5.78. The predicted molar refractivity (Wildman–Crippen MR) is 107 cm³/mol. The van der Waals surface area contributed by atoms with Crippen LogP contribution in [0.15, 0.2) is 60.7 Å². The van der Waals surface area contributed by atoms with E-state index in [1.165, 1.54) is 12.1 Å². The van der Waals surface area contributed by atoms with Crippen LogP contribution in [0.1, 0.15) is 34.4 Å². The molecule has 0 saturated carbocycles. The van der Waals surface area contributed by atoms with E-state index in [1.807, 2.05) is 50.2 Å². The molecule has 29 heavy (non-hydrogen) atoms. The third-order valence-electron chi connectivity index (χ3n) is 4.62. The first-order valence-corrected chi connectivity index (χ1v) is 9.29. The maximum Gasteiger partial charge on any atom is 0.252 e. The van der Waals surface area contributed by atoms with Crippen molar-refractivity contribution in [1.82, 2.24) is 24.9 Å². The zero-order chi connectivity index (χ0) is 20.4. The molecule has 0 spiro atoms. The lowest BCUT2D eigenvalue weighted by molar-refractivity contribution is -0.121. The molecule has 1 atom stereocenters. The molecule has 146 valence electrons. The molecular formula is C22H20FN5O. The number of hydrogen-bond acceptors (Lipinski definition) is 4. The Bertz CT molecular complexity index is 1160. The van der Waals surface area contributed by atoms with Crippen molar-refractivity contribution in [2.45, 2.75) is 26.3 Å². The van der Waals surface area contributed by atoms with Gasteiger partial charge in [0.15, 0.2) is 5.82 Å². The van der Waals surface area contributed by atoms with Gasteiger partial charge in [0.2, 0.25) is 5.91 Å². The number of nitrogens with one attached hydrogen (secondary N) is 1. The molecule has 6 nitrogen and oxygen atoms in total. The second-order valence-electron chi connectivity index (χ2n) is 6.92. The van der Waals surface area contributed by atoms with Gasteiger partial charge in [0.05, 0.1) is 12.5 Å². The summed E-state index contributed by atoms with van der Waals surface area (Å²) in [6.45, 7) is 3.81. The van der Waals surface area contributed by atoms with Gasteiger partial charge < -0.3 is 5.32 Å². The molecule has 2 heterocycles. The number of carbonyl (C=O) groups excluding carboxylic acids is 1. The Hall–Kier alpha value is -3.61. The molecule has 0 fully saturated rings. The molecule has 0 unspecified atom stereocenters. The fraction of sp³-hybridized carbons (Fsp3) is 0.182. The summed E-state index contributed by atoms with van der Waals surface area (Å²) in [6, 6.07) is 17.2. The van der Waals surface area contributed by atoms with Crippen molar-refractivity contribution in [1.29, 1.82) is 0 Å². The van der Waals surface area contributed by atoms with Crippen LogP contribution in [0.5, 0.6) is 0 Å². The van der Waals surface area contributed by atoms with Crippen LogP contribution in [0.2, 0.25) is 0 Å². The third kappa shape index (κ3) is 4.13. The van der Waals surface area contributed by atoms with Crippen molar-refractivity contribution in [2.24, 2.45) is 0 Å². The fourth-order valence-corrected chi connectivity index (χ4v) is 3.30. The number of hydrogen-bond donors (Lipinski definition) is 1. The number of benzene rings is 2. The van der Waals surface area contributed by atoms with Gasteiger partial charge in [0.25, 0.3) is 5.78 Å². The molecule has 2 aromatic heterocycles. The standard InChI is InChI=1S/C22H20FN5O/c1-14-12-15(2)28-22(24-14)25-19(27-28)13-20(29)26-21(16-6-4-3-5-7-16)17-8-10-18(23)11-9-17/h3-12,21H,13H2,1-2H3,(H,26,29)/t21-/m1/s1. The summed E-state index contributed by atoms with van der Waals surface area (Å²) in [4.78, 5) is 21.5. The zero-order valence-corrected chi connectivity index (χ0v) is 16.1. The number of nitrogens with zero attached hydrogens (tertiary/aromatic N) is 4. The van der Waals surface area contributed by atoms with Crippen LogP contribution >= 0.6 is 0 Å². The highest BCUT2D eigenvalue weighted by atomic mass is 19.1. The molecule has 1 amide bonds. The van der Waals surface area contributed by atoms with Crippen LogP contribution in [-0.4, -0.2) is 25.5 Å². The summed E-state index contributed by atoms with van der Waals surface area (Å²) in [7, 11) is 0. The number of fused-ring (bicyclic) bond motifs is 1. The molecule has 7 heteroatoms. The van der Waals surface area contributed by atoms with Gasteiger partial charge in [-0.3, -0.25) is 4.79 Å². The quantitative estimate of drug-likeness (QED) is 0.568. The minimum absolute atomic E-state index is 0.0202. The largest absolute Gasteiger partial charge is 0.345 e. The molecule has 0 saturated heterocycles. The van der Waals surface area contributed by atoms with Gasteiger partial charge in [-0.2, -0.15) is 4.98 Å². The molecule has 0 aliphatic carbocycles. The first-order valence-electron chi connectivity index (χ1n) is 9.29. The molecule has 0 bridgehead atoms. The number of amides is 1. The van der Waals surface area contributed by atoms with Crippen LogP contribution in [0.3, 0.4) is 0 Å². The Morgan fingerprint density at radius 2 is 1.72 bits per heavy atom. The highest BCUT2D eigenvalue weighted by Gasteiger charge is 2.19. The van der Waals surface area contributed by atoms with Gasteiger partial charge in [0.1, 0.15) is 5.82 Å². The van der Waals surface area contributed by atoms with Gasteiger partial charge in [0, 0.05) is 11.4 Å². The number of carbonyl (C=O) groups is 1. The molecule has 4 aromatic rings. The predicted octanol–water partition coefficient (Wildman–Crippen LogP) is 3.33. The minimum atomic E-state index is -0.400. The molecule has 0 radical (unpaired) electrons. The molecule has 2 aromatic carbocycles. The van der Waals surface area contributed by atoms with E-state index in [4.69, 9.17) is 0 Å². The topological polar surface area (TPSA) is 72.2 Å². The second-order valence-corrected chi connectivity index (χ2v) is 6.92. The average Bonchev–Trinajstić information content (AvgIpc) is 3.10. The van der Waals surface area contributed by atoms with Crippen molar-refractivity contribution >= 4 is 11.7 Å². The summed E-state index contributed by atoms with van der Waals surface area (Å²) in [6.07, 6.45) is 0.0202. The third-order valence-corrected chi connectivity index (χ3v) is 4.62. The maximum absolute atomic E-state index is 13.4. The van der Waals surface area contributed by atoms with Crippen molar-refractivity contribution in [2.75, 3.05) is 0 Å². The van der Waals surface area contributed by atoms with Gasteiger partial charge >= 0.3 is 0 Å². The minimum Gasteiger partial charge on any atom is -0.345 e. The highest BCUT2D eigenvalue weighted by Crippen LogP contribution is 2.22. The summed E-state index contributed by atoms with van der Waals surface area (Å²) in [5.41, 5.74) is 3.45. The summed E-state index contributed by atoms with van der Waals surface area (Å²) < 4.78 is 15.0. The van der Waals surface area contributed by atoms with Gasteiger partial charge in [-0.1, -0.05) is 42.5 Å². The number of aromatic nitrogens is 4. The van der Waals surface area contributed by atoms with Crippen LogP contribution in [0, 0.1) is 19.7 Å². The Labute approximate surface area is 167 Å². The van der Waals surface area contributed by atoms with Crippen LogP contribution in [-0.2, 0) is 11.2 Å². The van der Waals surface area contributed by atoms with E-state index >= 15 is 0 Å².